The van der Waals surface area contributed by atoms with Crippen LogP contribution in [0, 0.1) is 5.92 Å². The lowest BCUT2D eigenvalue weighted by Gasteiger charge is -2.34. The number of pyridine rings is 1. The predicted molar refractivity (Wildman–Crippen MR) is 80.9 cm³/mol. The first-order valence-corrected chi connectivity index (χ1v) is 7.42. The number of primary amides is 1. The summed E-state index contributed by atoms with van der Waals surface area (Å²) < 4.78 is 0. The summed E-state index contributed by atoms with van der Waals surface area (Å²) in [4.78, 5) is 18.1. The molecule has 5 nitrogen and oxygen atoms in total. The molecule has 1 saturated heterocycles. The maximum absolute atomic E-state index is 11.5. The van der Waals surface area contributed by atoms with E-state index >= 15 is 0 Å². The number of nitrogens with zero attached hydrogens (tertiary/aromatic N) is 2. The Bertz CT molecular complexity index is 449. The third-order valence-electron chi connectivity index (χ3n) is 3.73. The van der Waals surface area contributed by atoms with Crippen molar-refractivity contribution in [2.45, 2.75) is 26.2 Å². The van der Waals surface area contributed by atoms with Gasteiger partial charge in [0.15, 0.2) is 0 Å². The van der Waals surface area contributed by atoms with E-state index in [4.69, 9.17) is 5.73 Å². The van der Waals surface area contributed by atoms with Crippen LogP contribution < -0.4 is 16.0 Å². The number of aromatic nitrogens is 1. The summed E-state index contributed by atoms with van der Waals surface area (Å²) in [5, 5.41) is 3.48. The zero-order valence-corrected chi connectivity index (χ0v) is 12.1. The lowest BCUT2D eigenvalue weighted by molar-refractivity contribution is 0.100. The largest absolute Gasteiger partial charge is 0.365 e. The Balaban J connectivity index is 2.03. The molecule has 2 heterocycles. The predicted octanol–water partition coefficient (Wildman–Crippen LogP) is 1.40. The van der Waals surface area contributed by atoms with Gasteiger partial charge in [-0.05, 0) is 50.4 Å². The second kappa shape index (κ2) is 7.24. The molecular weight excluding hydrogens is 252 g/mol. The smallest absolute Gasteiger partial charge is 0.252 e. The minimum Gasteiger partial charge on any atom is -0.365 e. The summed E-state index contributed by atoms with van der Waals surface area (Å²) in [5.41, 5.74) is 5.96. The minimum absolute atomic E-state index is 0.403. The van der Waals surface area contributed by atoms with Gasteiger partial charge in [0.2, 0.25) is 0 Å². The van der Waals surface area contributed by atoms with E-state index in [9.17, 15) is 4.79 Å². The molecular formula is C15H24N4O. The molecule has 0 spiro atoms. The van der Waals surface area contributed by atoms with E-state index < -0.39 is 5.91 Å². The summed E-state index contributed by atoms with van der Waals surface area (Å²) >= 11 is 0. The summed E-state index contributed by atoms with van der Waals surface area (Å²) in [5.74, 6) is 0.942. The summed E-state index contributed by atoms with van der Waals surface area (Å²) in [6.07, 6.45) is 5.24. The molecule has 1 aliphatic rings. The van der Waals surface area contributed by atoms with Crippen molar-refractivity contribution in [1.82, 2.24) is 10.3 Å². The number of piperidine rings is 1. The molecule has 1 unspecified atom stereocenters. The summed E-state index contributed by atoms with van der Waals surface area (Å²) in [6.45, 7) is 6.15. The van der Waals surface area contributed by atoms with Crippen molar-refractivity contribution in [3.8, 4) is 0 Å². The monoisotopic (exact) mass is 276 g/mol. The number of hydrogen-bond donors (Lipinski definition) is 2. The Labute approximate surface area is 120 Å². The van der Waals surface area contributed by atoms with E-state index in [2.05, 4.69) is 22.1 Å². The number of hydrogen-bond acceptors (Lipinski definition) is 4. The lowest BCUT2D eigenvalue weighted by atomic mass is 9.97. The number of nitrogens with one attached hydrogen (secondary N) is 1. The Morgan fingerprint density at radius 3 is 3.20 bits per heavy atom. The third-order valence-corrected chi connectivity index (χ3v) is 3.73. The van der Waals surface area contributed by atoms with Gasteiger partial charge in [0.1, 0.15) is 5.82 Å². The molecule has 0 saturated carbocycles. The molecule has 0 radical (unpaired) electrons. The number of carbonyl (C=O) groups excluding carboxylic acids is 1. The van der Waals surface area contributed by atoms with Crippen LogP contribution in [0.4, 0.5) is 5.82 Å². The topological polar surface area (TPSA) is 71.2 Å². The molecule has 1 amide bonds. The van der Waals surface area contributed by atoms with Crippen molar-refractivity contribution in [1.29, 1.82) is 0 Å². The molecule has 1 aromatic heterocycles. The molecule has 3 N–H and O–H groups in total. The zero-order chi connectivity index (χ0) is 14.4. The van der Waals surface area contributed by atoms with Crippen molar-refractivity contribution in [3.63, 3.8) is 0 Å². The van der Waals surface area contributed by atoms with Crippen molar-refractivity contribution < 1.29 is 4.79 Å². The fourth-order valence-corrected chi connectivity index (χ4v) is 2.75. The molecule has 1 atom stereocenters. The molecule has 1 fully saturated rings. The van der Waals surface area contributed by atoms with Crippen molar-refractivity contribution >= 4 is 11.7 Å². The second-order valence-corrected chi connectivity index (χ2v) is 5.40. The fraction of sp³-hybridized carbons (Fsp3) is 0.600. The maximum atomic E-state index is 11.5. The van der Waals surface area contributed by atoms with Gasteiger partial charge in [-0.15, -0.1) is 0 Å². The highest BCUT2D eigenvalue weighted by Crippen LogP contribution is 2.23. The van der Waals surface area contributed by atoms with E-state index in [0.717, 1.165) is 44.8 Å². The first-order valence-electron chi connectivity index (χ1n) is 7.42. The fourth-order valence-electron chi connectivity index (χ4n) is 2.75. The third kappa shape index (κ3) is 3.70. The van der Waals surface area contributed by atoms with Crippen LogP contribution in [0.5, 0.6) is 0 Å². The highest BCUT2D eigenvalue weighted by molar-refractivity contribution is 5.97. The van der Waals surface area contributed by atoms with Crippen LogP contribution in [0.15, 0.2) is 18.3 Å². The Morgan fingerprint density at radius 1 is 1.60 bits per heavy atom. The molecule has 1 aliphatic heterocycles. The Morgan fingerprint density at radius 2 is 2.45 bits per heavy atom. The number of anilines is 1. The molecule has 2 rings (SSSR count). The van der Waals surface area contributed by atoms with E-state index in [1.54, 1.807) is 18.3 Å². The second-order valence-electron chi connectivity index (χ2n) is 5.40. The molecule has 20 heavy (non-hydrogen) atoms. The van der Waals surface area contributed by atoms with Gasteiger partial charge in [-0.3, -0.25) is 4.79 Å². The Hall–Kier alpha value is -1.62. The van der Waals surface area contributed by atoms with Gasteiger partial charge in [0.25, 0.3) is 5.91 Å². The van der Waals surface area contributed by atoms with Crippen LogP contribution in [0.3, 0.4) is 0 Å². The normalized spacial score (nSPS) is 19.1. The number of rotatable bonds is 6. The number of nitrogens with two attached hydrogens (primary N) is 1. The van der Waals surface area contributed by atoms with Gasteiger partial charge in [-0.2, -0.15) is 0 Å². The molecule has 0 aromatic carbocycles. The van der Waals surface area contributed by atoms with Crippen molar-refractivity contribution in [2.75, 3.05) is 31.1 Å². The highest BCUT2D eigenvalue weighted by atomic mass is 16.1. The van der Waals surface area contributed by atoms with Crippen LogP contribution in [-0.4, -0.2) is 37.1 Å². The van der Waals surface area contributed by atoms with Gasteiger partial charge in [-0.25, -0.2) is 4.98 Å². The molecule has 0 bridgehead atoms. The van der Waals surface area contributed by atoms with Crippen LogP contribution in [0.2, 0.25) is 0 Å². The number of amides is 1. The number of carbonyl (C=O) groups is 1. The maximum Gasteiger partial charge on any atom is 0.252 e. The lowest BCUT2D eigenvalue weighted by Crippen LogP contribution is -2.41. The standard InChI is InChI=1S/C15H24N4O/c1-2-7-17-10-12-5-4-9-19(11-12)15-13(14(16)20)6-3-8-18-15/h3,6,8,12,17H,2,4-5,7,9-11H2,1H3,(H2,16,20). The van der Waals surface area contributed by atoms with Gasteiger partial charge in [0.05, 0.1) is 5.56 Å². The quantitative estimate of drug-likeness (QED) is 0.770. The van der Waals surface area contributed by atoms with Crippen LogP contribution in [0.25, 0.3) is 0 Å². The van der Waals surface area contributed by atoms with E-state index in [1.165, 1.54) is 6.42 Å². The average Bonchev–Trinajstić information content (AvgIpc) is 2.48. The van der Waals surface area contributed by atoms with E-state index in [-0.39, 0.29) is 0 Å². The van der Waals surface area contributed by atoms with Gasteiger partial charge < -0.3 is 16.0 Å². The highest BCUT2D eigenvalue weighted by Gasteiger charge is 2.23. The first kappa shape index (κ1) is 14.8. The SMILES string of the molecule is CCCNCC1CCCN(c2ncccc2C(N)=O)C1. The summed E-state index contributed by atoms with van der Waals surface area (Å²) in [7, 11) is 0. The molecule has 5 heteroatoms. The van der Waals surface area contributed by atoms with Crippen LogP contribution in [-0.2, 0) is 0 Å². The zero-order valence-electron chi connectivity index (χ0n) is 12.1. The van der Waals surface area contributed by atoms with Gasteiger partial charge in [-0.1, -0.05) is 6.92 Å². The van der Waals surface area contributed by atoms with E-state index in [1.807, 2.05) is 0 Å². The van der Waals surface area contributed by atoms with Gasteiger partial charge in [0, 0.05) is 19.3 Å². The van der Waals surface area contributed by atoms with Gasteiger partial charge >= 0.3 is 0 Å². The molecule has 0 aliphatic carbocycles. The van der Waals surface area contributed by atoms with E-state index in [0.29, 0.717) is 11.5 Å². The minimum atomic E-state index is -0.403. The first-order chi connectivity index (χ1) is 9.72. The van der Waals surface area contributed by atoms with Crippen LogP contribution >= 0.6 is 0 Å². The summed E-state index contributed by atoms with van der Waals surface area (Å²) in [6, 6.07) is 3.51. The molecule has 110 valence electrons. The van der Waals surface area contributed by atoms with Crippen molar-refractivity contribution in [2.24, 2.45) is 11.7 Å². The van der Waals surface area contributed by atoms with Crippen molar-refractivity contribution in [3.05, 3.63) is 23.9 Å². The average molecular weight is 276 g/mol. The Kier molecular flexibility index (Phi) is 5.35. The van der Waals surface area contributed by atoms with Crippen LogP contribution in [0.1, 0.15) is 36.5 Å². The molecule has 1 aromatic rings.